The van der Waals surface area contributed by atoms with E-state index in [0.29, 0.717) is 12.1 Å². The van der Waals surface area contributed by atoms with Crippen molar-refractivity contribution < 1.29 is 4.74 Å². The molecule has 2 saturated heterocycles. The third-order valence-electron chi connectivity index (χ3n) is 5.27. The predicted molar refractivity (Wildman–Crippen MR) is 96.9 cm³/mol. The van der Waals surface area contributed by atoms with Crippen molar-refractivity contribution in [2.75, 3.05) is 32.8 Å². The Morgan fingerprint density at radius 3 is 2.56 bits per heavy atom. The van der Waals surface area contributed by atoms with Crippen LogP contribution >= 0.6 is 0 Å². The molecule has 2 aromatic carbocycles. The fraction of sp³-hybridized carbons (Fsp3) is 0.381. The SMILES string of the molecule is N#Cc1ccc(CN2CCN3[C@@H](COC[C@@H]3c3ccccc3)C2)cc1. The largest absolute Gasteiger partial charge is 0.378 e. The molecule has 128 valence electrons. The van der Waals surface area contributed by atoms with Crippen LogP contribution in [-0.4, -0.2) is 48.7 Å². The first-order valence-electron chi connectivity index (χ1n) is 8.93. The van der Waals surface area contributed by atoms with E-state index in [4.69, 9.17) is 10.00 Å². The molecule has 4 heteroatoms. The molecular formula is C21H23N3O. The minimum atomic E-state index is 0.372. The fourth-order valence-electron chi connectivity index (χ4n) is 3.95. The molecule has 2 aromatic rings. The van der Waals surface area contributed by atoms with Crippen LogP contribution in [0.3, 0.4) is 0 Å². The monoisotopic (exact) mass is 333 g/mol. The van der Waals surface area contributed by atoms with E-state index in [-0.39, 0.29) is 0 Å². The molecule has 0 aliphatic carbocycles. The van der Waals surface area contributed by atoms with Gasteiger partial charge < -0.3 is 4.74 Å². The van der Waals surface area contributed by atoms with Gasteiger partial charge in [0.2, 0.25) is 0 Å². The average Bonchev–Trinajstić information content (AvgIpc) is 2.68. The summed E-state index contributed by atoms with van der Waals surface area (Å²) in [5, 5.41) is 8.92. The van der Waals surface area contributed by atoms with Crippen molar-refractivity contribution in [3.8, 4) is 6.07 Å². The number of rotatable bonds is 3. The standard InChI is InChI=1S/C21H23N3O/c22-12-17-6-8-18(9-7-17)13-23-10-11-24-20(14-23)15-25-16-21(24)19-4-2-1-3-5-19/h1-9,20-21H,10-11,13-16H2/t20-,21-/m1/s1. The average molecular weight is 333 g/mol. The highest BCUT2D eigenvalue weighted by Crippen LogP contribution is 2.29. The van der Waals surface area contributed by atoms with Crippen LogP contribution in [0, 0.1) is 11.3 Å². The summed E-state index contributed by atoms with van der Waals surface area (Å²) in [4.78, 5) is 5.12. The second kappa shape index (κ2) is 7.37. The van der Waals surface area contributed by atoms with E-state index in [1.165, 1.54) is 11.1 Å². The minimum Gasteiger partial charge on any atom is -0.378 e. The molecule has 0 spiro atoms. The van der Waals surface area contributed by atoms with Crippen LogP contribution in [-0.2, 0) is 11.3 Å². The Labute approximate surface area is 149 Å². The molecule has 4 rings (SSSR count). The van der Waals surface area contributed by atoms with Gasteiger partial charge in [-0.3, -0.25) is 9.80 Å². The van der Waals surface area contributed by atoms with Gasteiger partial charge in [0.25, 0.3) is 0 Å². The van der Waals surface area contributed by atoms with E-state index in [2.05, 4.69) is 58.3 Å². The normalized spacial score (nSPS) is 24.4. The molecule has 4 nitrogen and oxygen atoms in total. The smallest absolute Gasteiger partial charge is 0.0991 e. The molecule has 25 heavy (non-hydrogen) atoms. The van der Waals surface area contributed by atoms with Crippen molar-refractivity contribution >= 4 is 0 Å². The van der Waals surface area contributed by atoms with Crippen molar-refractivity contribution in [1.82, 2.24) is 9.80 Å². The summed E-state index contributed by atoms with van der Waals surface area (Å²) >= 11 is 0. The molecular weight excluding hydrogens is 310 g/mol. The lowest BCUT2D eigenvalue weighted by atomic mass is 10.00. The van der Waals surface area contributed by atoms with Crippen LogP contribution in [0.4, 0.5) is 0 Å². The zero-order valence-corrected chi connectivity index (χ0v) is 14.3. The molecule has 2 aliphatic heterocycles. The first kappa shape index (κ1) is 16.3. The summed E-state index contributed by atoms with van der Waals surface area (Å²) in [6.45, 7) is 5.71. The zero-order valence-electron chi connectivity index (χ0n) is 14.3. The van der Waals surface area contributed by atoms with Crippen molar-refractivity contribution in [2.24, 2.45) is 0 Å². The van der Waals surface area contributed by atoms with Gasteiger partial charge in [-0.2, -0.15) is 5.26 Å². The van der Waals surface area contributed by atoms with E-state index in [1.807, 2.05) is 12.1 Å². The summed E-state index contributed by atoms with van der Waals surface area (Å²) < 4.78 is 5.93. The van der Waals surface area contributed by atoms with Gasteiger partial charge in [0, 0.05) is 32.2 Å². The van der Waals surface area contributed by atoms with Crippen LogP contribution in [0.2, 0.25) is 0 Å². The number of piperazine rings is 1. The van der Waals surface area contributed by atoms with Crippen molar-refractivity contribution in [2.45, 2.75) is 18.6 Å². The number of hydrogen-bond acceptors (Lipinski definition) is 4. The minimum absolute atomic E-state index is 0.372. The molecule has 0 bridgehead atoms. The van der Waals surface area contributed by atoms with E-state index in [1.54, 1.807) is 0 Å². The molecule has 2 heterocycles. The molecule has 0 unspecified atom stereocenters. The van der Waals surface area contributed by atoms with Gasteiger partial charge in [-0.05, 0) is 23.3 Å². The quantitative estimate of drug-likeness (QED) is 0.866. The summed E-state index contributed by atoms with van der Waals surface area (Å²) in [6, 6.07) is 21.6. The number of morpholine rings is 1. The number of ether oxygens (including phenoxy) is 1. The van der Waals surface area contributed by atoms with Gasteiger partial charge in [-0.25, -0.2) is 0 Å². The molecule has 2 atom stereocenters. The second-order valence-electron chi connectivity index (χ2n) is 6.90. The predicted octanol–water partition coefficient (Wildman–Crippen LogP) is 2.82. The van der Waals surface area contributed by atoms with Gasteiger partial charge in [0.15, 0.2) is 0 Å². The van der Waals surface area contributed by atoms with Crippen molar-refractivity contribution in [3.63, 3.8) is 0 Å². The maximum absolute atomic E-state index is 8.92. The number of nitrogens with zero attached hydrogens (tertiary/aromatic N) is 3. The zero-order chi connectivity index (χ0) is 17.1. The number of benzene rings is 2. The Balaban J connectivity index is 1.42. The molecule has 0 radical (unpaired) electrons. The lowest BCUT2D eigenvalue weighted by Crippen LogP contribution is -2.58. The third kappa shape index (κ3) is 3.59. The molecule has 2 aliphatic rings. The first-order valence-corrected chi connectivity index (χ1v) is 8.93. The fourth-order valence-corrected chi connectivity index (χ4v) is 3.95. The Kier molecular flexibility index (Phi) is 4.80. The van der Waals surface area contributed by atoms with Crippen LogP contribution in [0.15, 0.2) is 54.6 Å². The van der Waals surface area contributed by atoms with Gasteiger partial charge in [0.05, 0.1) is 30.9 Å². The number of hydrogen-bond donors (Lipinski definition) is 0. The maximum Gasteiger partial charge on any atom is 0.0991 e. The maximum atomic E-state index is 8.92. The molecule has 0 aromatic heterocycles. The number of nitriles is 1. The third-order valence-corrected chi connectivity index (χ3v) is 5.27. The Hall–Kier alpha value is -2.19. The highest BCUT2D eigenvalue weighted by Gasteiger charge is 2.36. The van der Waals surface area contributed by atoms with E-state index < -0.39 is 0 Å². The van der Waals surface area contributed by atoms with Gasteiger partial charge in [-0.15, -0.1) is 0 Å². The van der Waals surface area contributed by atoms with E-state index >= 15 is 0 Å². The van der Waals surface area contributed by atoms with Crippen molar-refractivity contribution in [1.29, 1.82) is 5.26 Å². The molecule has 0 saturated carbocycles. The Bertz CT molecular complexity index is 738. The lowest BCUT2D eigenvalue weighted by Gasteiger charge is -2.48. The van der Waals surface area contributed by atoms with Crippen LogP contribution in [0.1, 0.15) is 22.7 Å². The van der Waals surface area contributed by atoms with Crippen LogP contribution in [0.25, 0.3) is 0 Å². The van der Waals surface area contributed by atoms with Crippen molar-refractivity contribution in [3.05, 3.63) is 71.3 Å². The second-order valence-corrected chi connectivity index (χ2v) is 6.90. The summed E-state index contributed by atoms with van der Waals surface area (Å²) in [7, 11) is 0. The van der Waals surface area contributed by atoms with Gasteiger partial charge in [-0.1, -0.05) is 42.5 Å². The molecule has 0 amide bonds. The van der Waals surface area contributed by atoms with Crippen LogP contribution in [0.5, 0.6) is 0 Å². The molecule has 2 fully saturated rings. The lowest BCUT2D eigenvalue weighted by molar-refractivity contribution is -0.0835. The van der Waals surface area contributed by atoms with E-state index in [9.17, 15) is 0 Å². The van der Waals surface area contributed by atoms with E-state index in [0.717, 1.165) is 45.0 Å². The first-order chi connectivity index (χ1) is 12.3. The molecule has 0 N–H and O–H groups in total. The highest BCUT2D eigenvalue weighted by atomic mass is 16.5. The Morgan fingerprint density at radius 1 is 1.00 bits per heavy atom. The van der Waals surface area contributed by atoms with Gasteiger partial charge >= 0.3 is 0 Å². The number of fused-ring (bicyclic) bond motifs is 1. The topological polar surface area (TPSA) is 39.5 Å². The summed E-state index contributed by atoms with van der Waals surface area (Å²) in [5.41, 5.74) is 3.34. The Morgan fingerprint density at radius 2 is 1.80 bits per heavy atom. The highest BCUT2D eigenvalue weighted by molar-refractivity contribution is 5.31. The van der Waals surface area contributed by atoms with Gasteiger partial charge in [0.1, 0.15) is 0 Å². The summed E-state index contributed by atoms with van der Waals surface area (Å²) in [6.07, 6.45) is 0. The van der Waals surface area contributed by atoms with Crippen LogP contribution < -0.4 is 0 Å². The summed E-state index contributed by atoms with van der Waals surface area (Å²) in [5.74, 6) is 0.